The zero-order chi connectivity index (χ0) is 13.3. The van der Waals surface area contributed by atoms with E-state index >= 15 is 0 Å². The Balaban J connectivity index is 2.17. The Morgan fingerprint density at radius 2 is 2.28 bits per heavy atom. The van der Waals surface area contributed by atoms with Crippen LogP contribution in [0.4, 0.5) is 8.78 Å². The summed E-state index contributed by atoms with van der Waals surface area (Å²) in [5.41, 5.74) is 0.280. The van der Waals surface area contributed by atoms with Crippen molar-refractivity contribution in [1.82, 2.24) is 4.90 Å². The monoisotopic (exact) mass is 275 g/mol. The van der Waals surface area contributed by atoms with Crippen molar-refractivity contribution in [2.75, 3.05) is 6.54 Å². The number of benzene rings is 1. The molecule has 0 aliphatic carbocycles. The molecule has 0 amide bonds. The Labute approximate surface area is 108 Å². The normalized spacial score (nSPS) is 24.4. The first kappa shape index (κ1) is 13.2. The van der Waals surface area contributed by atoms with Crippen LogP contribution in [0.1, 0.15) is 12.0 Å². The molecule has 0 unspecified atom stereocenters. The lowest BCUT2D eigenvalue weighted by atomic mass is 10.1. The van der Waals surface area contributed by atoms with E-state index in [-0.39, 0.29) is 30.1 Å². The fourth-order valence-electron chi connectivity index (χ4n) is 2.17. The van der Waals surface area contributed by atoms with Crippen LogP contribution < -0.4 is 0 Å². The number of carboxylic acid groups (broad SMARTS) is 1. The third kappa shape index (κ3) is 2.62. The number of alkyl halides is 1. The molecule has 1 aromatic rings. The van der Waals surface area contributed by atoms with Crippen LogP contribution >= 0.6 is 11.6 Å². The second-order valence-electron chi connectivity index (χ2n) is 4.33. The molecular weight excluding hydrogens is 264 g/mol. The maximum atomic E-state index is 13.7. The quantitative estimate of drug-likeness (QED) is 0.921. The van der Waals surface area contributed by atoms with Gasteiger partial charge < -0.3 is 5.11 Å². The van der Waals surface area contributed by atoms with Gasteiger partial charge in [-0.05, 0) is 6.07 Å². The number of rotatable bonds is 3. The van der Waals surface area contributed by atoms with Crippen molar-refractivity contribution in [3.8, 4) is 0 Å². The summed E-state index contributed by atoms with van der Waals surface area (Å²) in [5, 5.41) is 8.96. The van der Waals surface area contributed by atoms with Crippen LogP contribution in [0, 0.1) is 5.82 Å². The average Bonchev–Trinajstić information content (AvgIpc) is 2.66. The Morgan fingerprint density at radius 1 is 1.56 bits per heavy atom. The van der Waals surface area contributed by atoms with Gasteiger partial charge in [-0.25, -0.2) is 8.78 Å². The summed E-state index contributed by atoms with van der Waals surface area (Å²) in [5.74, 6) is -1.66. The summed E-state index contributed by atoms with van der Waals surface area (Å²) in [6.07, 6.45) is -1.24. The van der Waals surface area contributed by atoms with E-state index in [2.05, 4.69) is 0 Å². The number of hydrogen-bond acceptors (Lipinski definition) is 2. The van der Waals surface area contributed by atoms with Crippen LogP contribution in [0.3, 0.4) is 0 Å². The van der Waals surface area contributed by atoms with Crippen LogP contribution in [0.15, 0.2) is 18.2 Å². The van der Waals surface area contributed by atoms with E-state index in [0.717, 1.165) is 0 Å². The first-order valence-electron chi connectivity index (χ1n) is 5.53. The molecule has 1 saturated heterocycles. The number of carboxylic acids is 1. The SMILES string of the molecule is O=C(O)[C@@H]1C[C@@H](F)CN1Cc1cccc(Cl)c1F. The van der Waals surface area contributed by atoms with Gasteiger partial charge in [0.15, 0.2) is 0 Å². The minimum absolute atomic E-state index is 0.00290. The van der Waals surface area contributed by atoms with Gasteiger partial charge in [0.1, 0.15) is 18.0 Å². The molecule has 1 fully saturated rings. The van der Waals surface area contributed by atoms with E-state index in [1.165, 1.54) is 17.0 Å². The second kappa shape index (κ2) is 5.20. The topological polar surface area (TPSA) is 40.5 Å². The van der Waals surface area contributed by atoms with Crippen LogP contribution in [0.2, 0.25) is 5.02 Å². The van der Waals surface area contributed by atoms with E-state index in [1.54, 1.807) is 6.07 Å². The third-order valence-electron chi connectivity index (χ3n) is 3.04. The lowest BCUT2D eigenvalue weighted by Crippen LogP contribution is -2.35. The van der Waals surface area contributed by atoms with Gasteiger partial charge in [0.25, 0.3) is 0 Å². The molecule has 1 aromatic carbocycles. The van der Waals surface area contributed by atoms with Crippen molar-refractivity contribution in [1.29, 1.82) is 0 Å². The first-order chi connectivity index (χ1) is 8.49. The minimum atomic E-state index is -1.19. The van der Waals surface area contributed by atoms with Gasteiger partial charge in [-0.15, -0.1) is 0 Å². The third-order valence-corrected chi connectivity index (χ3v) is 3.33. The Kier molecular flexibility index (Phi) is 3.82. The molecule has 0 spiro atoms. The second-order valence-corrected chi connectivity index (χ2v) is 4.74. The van der Waals surface area contributed by atoms with Crippen molar-refractivity contribution in [3.63, 3.8) is 0 Å². The van der Waals surface area contributed by atoms with E-state index in [1.807, 2.05) is 0 Å². The van der Waals surface area contributed by atoms with Gasteiger partial charge in [0, 0.05) is 25.1 Å². The van der Waals surface area contributed by atoms with Gasteiger partial charge in [0.2, 0.25) is 0 Å². The fourth-order valence-corrected chi connectivity index (χ4v) is 2.36. The molecule has 6 heteroatoms. The van der Waals surface area contributed by atoms with Crippen molar-refractivity contribution < 1.29 is 18.7 Å². The molecule has 3 nitrogen and oxygen atoms in total. The average molecular weight is 276 g/mol. The Hall–Kier alpha value is -1.20. The number of halogens is 3. The zero-order valence-corrected chi connectivity index (χ0v) is 10.2. The maximum absolute atomic E-state index is 13.7. The number of likely N-dealkylation sites (tertiary alicyclic amines) is 1. The molecular formula is C12H12ClF2NO2. The summed E-state index contributed by atoms with van der Waals surface area (Å²) >= 11 is 5.64. The smallest absolute Gasteiger partial charge is 0.321 e. The Morgan fingerprint density at radius 3 is 2.94 bits per heavy atom. The molecule has 98 valence electrons. The highest BCUT2D eigenvalue weighted by atomic mass is 35.5. The highest BCUT2D eigenvalue weighted by Gasteiger charge is 2.37. The molecule has 0 bridgehead atoms. The van der Waals surface area contributed by atoms with E-state index in [4.69, 9.17) is 16.7 Å². The van der Waals surface area contributed by atoms with Gasteiger partial charge in [-0.1, -0.05) is 23.7 Å². The first-order valence-corrected chi connectivity index (χ1v) is 5.90. The lowest BCUT2D eigenvalue weighted by Gasteiger charge is -2.20. The van der Waals surface area contributed by atoms with E-state index in [0.29, 0.717) is 0 Å². The summed E-state index contributed by atoms with van der Waals surface area (Å²) in [7, 11) is 0. The molecule has 0 radical (unpaired) electrons. The van der Waals surface area contributed by atoms with Crippen LogP contribution in [0.25, 0.3) is 0 Å². The molecule has 1 aliphatic heterocycles. The highest BCUT2D eigenvalue weighted by molar-refractivity contribution is 6.30. The molecule has 1 heterocycles. The van der Waals surface area contributed by atoms with Gasteiger partial charge in [0.05, 0.1) is 5.02 Å². The lowest BCUT2D eigenvalue weighted by molar-refractivity contribution is -0.142. The highest BCUT2D eigenvalue weighted by Crippen LogP contribution is 2.25. The minimum Gasteiger partial charge on any atom is -0.480 e. The molecule has 0 saturated carbocycles. The van der Waals surface area contributed by atoms with Crippen LogP contribution in [-0.2, 0) is 11.3 Å². The largest absolute Gasteiger partial charge is 0.480 e. The molecule has 18 heavy (non-hydrogen) atoms. The molecule has 1 N–H and O–H groups in total. The van der Waals surface area contributed by atoms with Crippen molar-refractivity contribution >= 4 is 17.6 Å². The van der Waals surface area contributed by atoms with Gasteiger partial charge in [-0.2, -0.15) is 0 Å². The molecule has 2 rings (SSSR count). The van der Waals surface area contributed by atoms with Crippen molar-refractivity contribution in [2.45, 2.75) is 25.2 Å². The Bertz CT molecular complexity index is 469. The van der Waals surface area contributed by atoms with Gasteiger partial charge in [-0.3, -0.25) is 9.69 Å². The molecule has 0 aromatic heterocycles. The maximum Gasteiger partial charge on any atom is 0.321 e. The summed E-state index contributed by atoms with van der Waals surface area (Å²) in [4.78, 5) is 12.4. The predicted octanol–water partition coefficient (Wildman–Crippen LogP) is 2.48. The number of carbonyl (C=O) groups is 1. The van der Waals surface area contributed by atoms with Crippen LogP contribution in [0.5, 0.6) is 0 Å². The standard InChI is InChI=1S/C12H12ClF2NO2/c13-9-3-1-2-7(11(9)15)5-16-6-8(14)4-10(16)12(17)18/h1-3,8,10H,4-6H2,(H,17,18)/t8-,10+/m1/s1. The van der Waals surface area contributed by atoms with Crippen LogP contribution in [-0.4, -0.2) is 34.7 Å². The number of hydrogen-bond donors (Lipinski definition) is 1. The number of nitrogens with zero attached hydrogens (tertiary/aromatic N) is 1. The molecule has 1 aliphatic rings. The summed E-state index contributed by atoms with van der Waals surface area (Å²) < 4.78 is 26.9. The van der Waals surface area contributed by atoms with Crippen molar-refractivity contribution in [2.24, 2.45) is 0 Å². The zero-order valence-electron chi connectivity index (χ0n) is 9.44. The summed E-state index contributed by atoms with van der Waals surface area (Å²) in [6, 6.07) is 3.61. The van der Waals surface area contributed by atoms with E-state index < -0.39 is 24.0 Å². The number of aliphatic carboxylic acids is 1. The predicted molar refractivity (Wildman–Crippen MR) is 62.8 cm³/mol. The van der Waals surface area contributed by atoms with E-state index in [9.17, 15) is 13.6 Å². The fraction of sp³-hybridized carbons (Fsp3) is 0.417. The summed E-state index contributed by atoms with van der Waals surface area (Å²) in [6.45, 7) is 0.0483. The van der Waals surface area contributed by atoms with Gasteiger partial charge >= 0.3 is 5.97 Å². The van der Waals surface area contributed by atoms with Crippen molar-refractivity contribution in [3.05, 3.63) is 34.6 Å². The molecule has 2 atom stereocenters.